The fourth-order valence-corrected chi connectivity index (χ4v) is 7.10. The zero-order valence-electron chi connectivity index (χ0n) is 27.8. The molecule has 0 saturated carbocycles. The number of aromatic nitrogens is 4. The molecule has 2 aliphatic heterocycles. The number of rotatable bonds is 4. The molecular weight excluding hydrogens is 723 g/mol. The van der Waals surface area contributed by atoms with E-state index in [-0.39, 0.29) is 34.1 Å². The first-order chi connectivity index (χ1) is 24.7. The van der Waals surface area contributed by atoms with Crippen molar-refractivity contribution in [3.8, 4) is 39.1 Å². The second-order valence-electron chi connectivity index (χ2n) is 12.4. The average molecular weight is 754 g/mol. The molecule has 0 amide bonds. The summed E-state index contributed by atoms with van der Waals surface area (Å²) >= 11 is 0. The summed E-state index contributed by atoms with van der Waals surface area (Å²) in [6.45, 7) is 0. The molecule has 8 bridgehead atoms. The van der Waals surface area contributed by atoms with Crippen molar-refractivity contribution in [1.82, 2.24) is 19.5 Å². The van der Waals surface area contributed by atoms with E-state index in [4.69, 9.17) is 9.97 Å². The largest absolute Gasteiger partial charge is 0.355 e. The van der Waals surface area contributed by atoms with Gasteiger partial charge in [0.2, 0.25) is 0 Å². The third-order valence-electron chi connectivity index (χ3n) is 9.23. The normalized spacial score (nSPS) is 11.7. The Bertz CT molecular complexity index is 2660. The van der Waals surface area contributed by atoms with Crippen LogP contribution in [-0.4, -0.2) is 25.5 Å². The van der Waals surface area contributed by atoms with Crippen molar-refractivity contribution in [2.24, 2.45) is 0 Å². The van der Waals surface area contributed by atoms with Crippen molar-refractivity contribution < 1.29 is 38.9 Å². The smallest absolute Gasteiger partial charge is 0.130 e. The molecule has 251 valence electrons. The Kier molecular flexibility index (Phi) is 9.89. The topological polar surface area (TPSA) is 63.6 Å². The molecule has 0 fully saturated rings. The minimum absolute atomic E-state index is 0. The number of fused-ring (bicyclic) bond motifs is 8. The molecule has 5 nitrogen and oxygen atoms in total. The van der Waals surface area contributed by atoms with Gasteiger partial charge in [-0.15, -0.1) is 0 Å². The number of nitrogens with one attached hydrogen (secondary N) is 1. The number of hydrogen-bond acceptors (Lipinski definition) is 3. The van der Waals surface area contributed by atoms with Gasteiger partial charge in [-0.3, -0.25) is 4.98 Å². The summed E-state index contributed by atoms with van der Waals surface area (Å²) in [6, 6.07) is 52.0. The van der Waals surface area contributed by atoms with Crippen LogP contribution in [0.5, 0.6) is 0 Å². The van der Waals surface area contributed by atoms with E-state index in [1.807, 2.05) is 60.7 Å². The van der Waals surface area contributed by atoms with Gasteiger partial charge in [0.05, 0.1) is 33.7 Å². The van der Waals surface area contributed by atoms with Gasteiger partial charge in [0.15, 0.2) is 0 Å². The molecule has 3 aromatic heterocycles. The van der Waals surface area contributed by atoms with Crippen LogP contribution in [0.1, 0.15) is 22.8 Å². The predicted octanol–water partition coefficient (Wildman–Crippen LogP) is 10.4. The molecule has 4 aromatic carbocycles. The maximum atomic E-state index is 12.9. The Morgan fingerprint density at radius 2 is 1.10 bits per heavy atom. The molecule has 1 N–H and O–H groups in total. The molecule has 1 radical (unpaired) electrons. The first-order valence-corrected chi connectivity index (χ1v) is 16.7. The minimum atomic E-state index is 0. The van der Waals surface area contributed by atoms with Gasteiger partial charge < -0.3 is 9.55 Å². The Morgan fingerprint density at radius 3 is 1.69 bits per heavy atom. The third-order valence-corrected chi connectivity index (χ3v) is 9.23. The van der Waals surface area contributed by atoms with Crippen LogP contribution in [0.4, 0.5) is 0 Å². The molecule has 7 heteroatoms. The van der Waals surface area contributed by atoms with E-state index in [9.17, 15) is 4.79 Å². The molecule has 0 aliphatic carbocycles. The summed E-state index contributed by atoms with van der Waals surface area (Å²) in [5, 5.41) is 0. The quantitative estimate of drug-likeness (QED) is 0.182. The van der Waals surface area contributed by atoms with Gasteiger partial charge in [-0.05, 0) is 71.3 Å². The van der Waals surface area contributed by atoms with Gasteiger partial charge >= 0.3 is 0 Å². The average Bonchev–Trinajstić information content (AvgIpc) is 3.97. The van der Waals surface area contributed by atoms with Gasteiger partial charge in [-0.2, -0.15) is 0 Å². The van der Waals surface area contributed by atoms with Crippen LogP contribution in [0.15, 0.2) is 152 Å². The van der Waals surface area contributed by atoms with E-state index in [0.29, 0.717) is 17.7 Å². The van der Waals surface area contributed by atoms with E-state index in [2.05, 4.69) is 119 Å². The van der Waals surface area contributed by atoms with Crippen molar-refractivity contribution in [1.29, 1.82) is 0 Å². The van der Waals surface area contributed by atoms with Crippen LogP contribution in [0.25, 0.3) is 78.9 Å². The van der Waals surface area contributed by atoms with Crippen molar-refractivity contribution >= 4 is 45.7 Å². The summed E-state index contributed by atoms with van der Waals surface area (Å²) in [5.74, 6) is 2.30. The first kappa shape index (κ1) is 34.7. The molecule has 52 heavy (non-hydrogen) atoms. The Hall–Kier alpha value is -5.77. The molecule has 0 atom stereocenters. The molecule has 2 aliphatic rings. The first-order valence-electron chi connectivity index (χ1n) is 16.7. The van der Waals surface area contributed by atoms with Gasteiger partial charge in [-0.1, -0.05) is 109 Å². The van der Waals surface area contributed by atoms with Crippen molar-refractivity contribution in [2.75, 3.05) is 0 Å². The van der Waals surface area contributed by atoms with Crippen LogP contribution in [0.3, 0.4) is 0 Å². The number of allylic oxidation sites excluding steroid dienone is 1. The second kappa shape index (κ2) is 14.8. The summed E-state index contributed by atoms with van der Waals surface area (Å²) in [4.78, 5) is 26.7. The Labute approximate surface area is 322 Å². The molecule has 5 heterocycles. The van der Waals surface area contributed by atoms with Crippen LogP contribution >= 0.6 is 0 Å². The van der Waals surface area contributed by atoms with E-state index in [1.54, 1.807) is 0 Å². The minimum Gasteiger partial charge on any atom is -0.355 e. The number of para-hydroxylation sites is 1. The van der Waals surface area contributed by atoms with Crippen molar-refractivity contribution in [2.45, 2.75) is 6.42 Å². The molecule has 0 unspecified atom stereocenters. The van der Waals surface area contributed by atoms with Crippen molar-refractivity contribution in [3.63, 3.8) is 0 Å². The van der Waals surface area contributed by atoms with Gasteiger partial charge in [0, 0.05) is 79.7 Å². The van der Waals surface area contributed by atoms with E-state index in [0.717, 1.165) is 78.2 Å². The fourth-order valence-electron chi connectivity index (χ4n) is 7.10. The third kappa shape index (κ3) is 6.33. The SMILES string of the molecule is O=C=C1Cc2cc3ccc(cc4nc(cc5c(-c6ccccc6)c(-c6ccccc6)c(c(-c6ccccc6)c1n2)n5-c1ccccc1)C=C4)[nH]3.[Co].[Cr]. The Morgan fingerprint density at radius 1 is 0.577 bits per heavy atom. The zero-order valence-corrected chi connectivity index (χ0v) is 30.1. The summed E-state index contributed by atoms with van der Waals surface area (Å²) in [7, 11) is 0. The molecule has 7 aromatic rings. The standard InChI is InChI=1S/C45H30N4O.Co.Cr/c50-29-33-25-38-27-36-22-21-34(46-36)26-35-23-24-37(47-35)28-40-41(30-13-5-1-6-14-30)42(31-15-7-2-8-16-31)45(49(40)39-19-11-4-12-20-39)43(44(33)48-38)32-17-9-3-10-18-32;;/h1-24,26-28,46H,25H2;;. The number of aromatic amines is 1. The number of hydrogen-bond donors (Lipinski definition) is 1. The van der Waals surface area contributed by atoms with E-state index in [1.165, 1.54) is 0 Å². The molecule has 0 spiro atoms. The summed E-state index contributed by atoms with van der Waals surface area (Å²) in [5.41, 5.74) is 14.3. The van der Waals surface area contributed by atoms with Gasteiger partial charge in [-0.25, -0.2) is 9.78 Å². The maximum absolute atomic E-state index is 12.9. The van der Waals surface area contributed by atoms with Crippen LogP contribution < -0.4 is 0 Å². The number of nitrogens with zero attached hydrogens (tertiary/aromatic N) is 3. The van der Waals surface area contributed by atoms with E-state index >= 15 is 0 Å². The fraction of sp³-hybridized carbons (Fsp3) is 0.0222. The second-order valence-corrected chi connectivity index (χ2v) is 12.4. The van der Waals surface area contributed by atoms with Crippen molar-refractivity contribution in [3.05, 3.63) is 174 Å². The molecular formula is C45H30CoCrN4O. The summed E-state index contributed by atoms with van der Waals surface area (Å²) < 4.78 is 2.32. The molecule has 9 rings (SSSR count). The predicted molar refractivity (Wildman–Crippen MR) is 204 cm³/mol. The van der Waals surface area contributed by atoms with Gasteiger partial charge in [0.1, 0.15) is 5.94 Å². The van der Waals surface area contributed by atoms with Gasteiger partial charge in [0.25, 0.3) is 0 Å². The van der Waals surface area contributed by atoms with Crippen LogP contribution in [-0.2, 0) is 45.4 Å². The number of carbonyl (C=O) groups excluding carboxylic acids is 1. The van der Waals surface area contributed by atoms with E-state index < -0.39 is 0 Å². The zero-order chi connectivity index (χ0) is 33.4. The Balaban J connectivity index is 0.00000210. The number of H-pyrrole nitrogens is 1. The summed E-state index contributed by atoms with van der Waals surface area (Å²) in [6.07, 6.45) is 4.49. The van der Waals surface area contributed by atoms with Crippen LogP contribution in [0, 0.1) is 0 Å². The number of benzene rings is 4. The maximum Gasteiger partial charge on any atom is 0.130 e. The molecule has 0 saturated heterocycles. The van der Waals surface area contributed by atoms with Crippen LogP contribution in [0.2, 0.25) is 0 Å². The monoisotopic (exact) mass is 753 g/mol.